The normalized spacial score (nSPS) is 21.8. The molecule has 1 N–H and O–H groups in total. The van der Waals surface area contributed by atoms with Crippen LogP contribution < -0.4 is 4.74 Å². The maximum atomic E-state index is 9.39. The van der Waals surface area contributed by atoms with Gasteiger partial charge in [0.25, 0.3) is 0 Å². The van der Waals surface area contributed by atoms with Crippen molar-refractivity contribution >= 4 is 11.3 Å². The maximum Gasteiger partial charge on any atom is 0.140 e. The van der Waals surface area contributed by atoms with Crippen LogP contribution in [0.2, 0.25) is 0 Å². The standard InChI is InChI=1S/C18H23NO2S/c1-12-4-3-5-15(10-12)21-17-7-6-16(19-13(17)2)18-14(11-20)8-9-22-18/h6-9,12,15,20H,3-5,10-11H2,1-2H3/t12-,15-/m0/s1. The minimum absolute atomic E-state index is 0.0533. The number of hydrogen-bond acceptors (Lipinski definition) is 4. The van der Waals surface area contributed by atoms with Crippen LogP contribution in [0, 0.1) is 12.8 Å². The molecule has 2 aromatic rings. The molecule has 22 heavy (non-hydrogen) atoms. The van der Waals surface area contributed by atoms with E-state index in [1.54, 1.807) is 11.3 Å². The van der Waals surface area contributed by atoms with Gasteiger partial charge in [-0.25, -0.2) is 4.98 Å². The monoisotopic (exact) mass is 317 g/mol. The summed E-state index contributed by atoms with van der Waals surface area (Å²) >= 11 is 1.61. The van der Waals surface area contributed by atoms with E-state index in [4.69, 9.17) is 4.74 Å². The Hall–Kier alpha value is -1.39. The lowest BCUT2D eigenvalue weighted by Gasteiger charge is -2.27. The van der Waals surface area contributed by atoms with Gasteiger partial charge in [0.1, 0.15) is 5.75 Å². The van der Waals surface area contributed by atoms with Crippen LogP contribution in [0.4, 0.5) is 0 Å². The molecule has 2 heterocycles. The third-order valence-electron chi connectivity index (χ3n) is 4.37. The fourth-order valence-electron chi connectivity index (χ4n) is 3.15. The Morgan fingerprint density at radius 3 is 2.91 bits per heavy atom. The van der Waals surface area contributed by atoms with Gasteiger partial charge in [0, 0.05) is 0 Å². The van der Waals surface area contributed by atoms with Crippen LogP contribution >= 0.6 is 11.3 Å². The average molecular weight is 317 g/mol. The van der Waals surface area contributed by atoms with Crippen molar-refractivity contribution in [2.45, 2.75) is 52.2 Å². The van der Waals surface area contributed by atoms with Crippen molar-refractivity contribution in [3.63, 3.8) is 0 Å². The largest absolute Gasteiger partial charge is 0.489 e. The van der Waals surface area contributed by atoms with Crippen molar-refractivity contribution < 1.29 is 9.84 Å². The van der Waals surface area contributed by atoms with Crippen LogP contribution in [-0.4, -0.2) is 16.2 Å². The fourth-order valence-corrected chi connectivity index (χ4v) is 4.04. The maximum absolute atomic E-state index is 9.39. The van der Waals surface area contributed by atoms with Crippen LogP contribution in [0.5, 0.6) is 5.75 Å². The Kier molecular flexibility index (Phi) is 4.79. The van der Waals surface area contributed by atoms with Gasteiger partial charge in [-0.05, 0) is 61.2 Å². The zero-order chi connectivity index (χ0) is 15.5. The predicted molar refractivity (Wildman–Crippen MR) is 90.3 cm³/mol. The minimum Gasteiger partial charge on any atom is -0.489 e. The van der Waals surface area contributed by atoms with Gasteiger partial charge < -0.3 is 9.84 Å². The Morgan fingerprint density at radius 1 is 1.32 bits per heavy atom. The van der Waals surface area contributed by atoms with Gasteiger partial charge in [0.15, 0.2) is 0 Å². The number of pyridine rings is 1. The molecule has 4 heteroatoms. The summed E-state index contributed by atoms with van der Waals surface area (Å²) in [7, 11) is 0. The van der Waals surface area contributed by atoms with Gasteiger partial charge in [0.2, 0.25) is 0 Å². The van der Waals surface area contributed by atoms with E-state index in [2.05, 4.69) is 11.9 Å². The summed E-state index contributed by atoms with van der Waals surface area (Å²) in [5.41, 5.74) is 2.78. The van der Waals surface area contributed by atoms with Gasteiger partial charge in [-0.15, -0.1) is 11.3 Å². The number of aliphatic hydroxyl groups excluding tert-OH is 1. The van der Waals surface area contributed by atoms with E-state index in [-0.39, 0.29) is 6.61 Å². The van der Waals surface area contributed by atoms with Crippen LogP contribution in [-0.2, 0) is 6.61 Å². The number of aliphatic hydroxyl groups is 1. The summed E-state index contributed by atoms with van der Waals surface area (Å²) in [5.74, 6) is 1.65. The topological polar surface area (TPSA) is 42.4 Å². The van der Waals surface area contributed by atoms with Crippen molar-refractivity contribution in [3.05, 3.63) is 34.8 Å². The molecule has 118 valence electrons. The molecule has 2 atom stereocenters. The number of hydrogen-bond donors (Lipinski definition) is 1. The van der Waals surface area contributed by atoms with E-state index < -0.39 is 0 Å². The molecular weight excluding hydrogens is 294 g/mol. The molecule has 1 aliphatic rings. The number of ether oxygens (including phenoxy) is 1. The molecule has 0 spiro atoms. The summed E-state index contributed by atoms with van der Waals surface area (Å²) in [5, 5.41) is 11.4. The lowest BCUT2D eigenvalue weighted by molar-refractivity contribution is 0.128. The second-order valence-electron chi connectivity index (χ2n) is 6.22. The fraction of sp³-hybridized carbons (Fsp3) is 0.500. The first kappa shape index (κ1) is 15.5. The third kappa shape index (κ3) is 3.33. The van der Waals surface area contributed by atoms with E-state index in [1.807, 2.05) is 30.5 Å². The van der Waals surface area contributed by atoms with E-state index in [0.717, 1.165) is 46.3 Å². The highest BCUT2D eigenvalue weighted by atomic mass is 32.1. The molecule has 0 aliphatic heterocycles. The predicted octanol–water partition coefficient (Wildman–Crippen LogP) is 4.57. The number of thiophene rings is 1. The number of aromatic nitrogens is 1. The van der Waals surface area contributed by atoms with Gasteiger partial charge in [-0.2, -0.15) is 0 Å². The summed E-state index contributed by atoms with van der Waals surface area (Å²) in [6, 6.07) is 5.97. The molecule has 1 saturated carbocycles. The average Bonchev–Trinajstić information content (AvgIpc) is 2.98. The zero-order valence-electron chi connectivity index (χ0n) is 13.2. The van der Waals surface area contributed by atoms with Gasteiger partial charge in [0.05, 0.1) is 29.0 Å². The number of nitrogens with zero attached hydrogens (tertiary/aromatic N) is 1. The van der Waals surface area contributed by atoms with Crippen molar-refractivity contribution in [2.75, 3.05) is 0 Å². The Balaban J connectivity index is 1.77. The highest BCUT2D eigenvalue weighted by molar-refractivity contribution is 7.13. The highest BCUT2D eigenvalue weighted by Gasteiger charge is 2.21. The zero-order valence-corrected chi connectivity index (χ0v) is 14.0. The van der Waals surface area contributed by atoms with Crippen LogP contribution in [0.1, 0.15) is 43.9 Å². The minimum atomic E-state index is 0.0533. The Bertz CT molecular complexity index is 638. The van der Waals surface area contributed by atoms with E-state index in [1.165, 1.54) is 12.8 Å². The lowest BCUT2D eigenvalue weighted by Crippen LogP contribution is -2.24. The van der Waals surface area contributed by atoms with Crippen LogP contribution in [0.3, 0.4) is 0 Å². The highest BCUT2D eigenvalue weighted by Crippen LogP contribution is 2.32. The Morgan fingerprint density at radius 2 is 2.18 bits per heavy atom. The number of rotatable bonds is 4. The second kappa shape index (κ2) is 6.80. The van der Waals surface area contributed by atoms with Crippen molar-refractivity contribution in [1.82, 2.24) is 4.98 Å². The van der Waals surface area contributed by atoms with Gasteiger partial charge in [-0.1, -0.05) is 13.3 Å². The lowest BCUT2D eigenvalue weighted by atomic mass is 9.89. The molecule has 0 unspecified atom stereocenters. The SMILES string of the molecule is Cc1nc(-c2sccc2CO)ccc1O[C@H]1CCC[C@H](C)C1. The molecule has 0 radical (unpaired) electrons. The molecular formula is C18H23NO2S. The smallest absolute Gasteiger partial charge is 0.140 e. The molecule has 3 nitrogen and oxygen atoms in total. The first-order chi connectivity index (χ1) is 10.7. The van der Waals surface area contributed by atoms with Crippen LogP contribution in [0.15, 0.2) is 23.6 Å². The summed E-state index contributed by atoms with van der Waals surface area (Å²) in [4.78, 5) is 5.73. The summed E-state index contributed by atoms with van der Waals surface area (Å²) in [6.07, 6.45) is 5.18. The van der Waals surface area contributed by atoms with E-state index in [0.29, 0.717) is 6.10 Å². The van der Waals surface area contributed by atoms with Crippen LogP contribution in [0.25, 0.3) is 10.6 Å². The van der Waals surface area contributed by atoms with Crippen molar-refractivity contribution in [2.24, 2.45) is 5.92 Å². The van der Waals surface area contributed by atoms with E-state index >= 15 is 0 Å². The first-order valence-corrected chi connectivity index (χ1v) is 8.87. The summed E-state index contributed by atoms with van der Waals surface area (Å²) in [6.45, 7) is 4.35. The van der Waals surface area contributed by atoms with Gasteiger partial charge in [-0.3, -0.25) is 0 Å². The molecule has 0 saturated heterocycles. The molecule has 0 aromatic carbocycles. The first-order valence-electron chi connectivity index (χ1n) is 7.99. The molecule has 3 rings (SSSR count). The molecule has 0 bridgehead atoms. The molecule has 2 aromatic heterocycles. The summed E-state index contributed by atoms with van der Waals surface area (Å²) < 4.78 is 6.18. The third-order valence-corrected chi connectivity index (χ3v) is 5.35. The molecule has 0 amide bonds. The van der Waals surface area contributed by atoms with Crippen molar-refractivity contribution in [3.8, 4) is 16.3 Å². The number of aryl methyl sites for hydroxylation is 1. The molecule has 1 aliphatic carbocycles. The second-order valence-corrected chi connectivity index (χ2v) is 7.14. The quantitative estimate of drug-likeness (QED) is 0.898. The van der Waals surface area contributed by atoms with Crippen molar-refractivity contribution in [1.29, 1.82) is 0 Å². The van der Waals surface area contributed by atoms with E-state index in [9.17, 15) is 5.11 Å². The molecule has 1 fully saturated rings. The van der Waals surface area contributed by atoms with Gasteiger partial charge >= 0.3 is 0 Å². The Labute approximate surface area is 136 Å².